The highest BCUT2D eigenvalue weighted by atomic mass is 16.6. The Morgan fingerprint density at radius 3 is 2.84 bits per heavy atom. The van der Waals surface area contributed by atoms with E-state index in [0.717, 1.165) is 0 Å². The fourth-order valence-electron chi connectivity index (χ4n) is 2.14. The summed E-state index contributed by atoms with van der Waals surface area (Å²) in [6.07, 6.45) is 0.208. The third kappa shape index (κ3) is 2.50. The number of carbonyl (C=O) groups is 1. The fraction of sp³-hybridized carbons (Fsp3) is 0.417. The lowest BCUT2D eigenvalue weighted by molar-refractivity contribution is -0.384. The molecule has 1 heterocycles. The molecule has 2 rings (SSSR count). The van der Waals surface area contributed by atoms with Gasteiger partial charge in [-0.2, -0.15) is 0 Å². The first-order valence-electron chi connectivity index (χ1n) is 5.80. The van der Waals surface area contributed by atoms with E-state index in [0.29, 0.717) is 12.3 Å². The molecule has 19 heavy (non-hydrogen) atoms. The van der Waals surface area contributed by atoms with E-state index in [1.807, 2.05) is 0 Å². The molecule has 1 aromatic rings. The lowest BCUT2D eigenvalue weighted by Gasteiger charge is -2.16. The van der Waals surface area contributed by atoms with Crippen molar-refractivity contribution in [2.24, 2.45) is 5.92 Å². The molecule has 7 nitrogen and oxygen atoms in total. The standard InChI is InChI=1S/C12H14N2O5/c1-19-9-2-3-10(11(5-9)14(17)18)13-6-8(7-15)4-12(13)16/h2-3,5,8,15H,4,6-7H2,1H3. The van der Waals surface area contributed by atoms with Crippen LogP contribution >= 0.6 is 0 Å². The van der Waals surface area contributed by atoms with Gasteiger partial charge < -0.3 is 14.7 Å². The molecule has 1 atom stereocenters. The molecular weight excluding hydrogens is 252 g/mol. The van der Waals surface area contributed by atoms with E-state index in [4.69, 9.17) is 9.84 Å². The molecule has 1 fully saturated rings. The van der Waals surface area contributed by atoms with Gasteiger partial charge in [0.1, 0.15) is 11.4 Å². The average molecular weight is 266 g/mol. The molecule has 7 heteroatoms. The lowest BCUT2D eigenvalue weighted by Crippen LogP contribution is -2.25. The monoisotopic (exact) mass is 266 g/mol. The number of aliphatic hydroxyl groups is 1. The van der Waals surface area contributed by atoms with E-state index in [1.54, 1.807) is 6.07 Å². The Morgan fingerprint density at radius 1 is 1.58 bits per heavy atom. The van der Waals surface area contributed by atoms with Crippen LogP contribution in [0.3, 0.4) is 0 Å². The zero-order valence-electron chi connectivity index (χ0n) is 10.4. The second kappa shape index (κ2) is 5.23. The summed E-state index contributed by atoms with van der Waals surface area (Å²) in [6, 6.07) is 4.35. The highest BCUT2D eigenvalue weighted by Gasteiger charge is 2.33. The van der Waals surface area contributed by atoms with Crippen LogP contribution in [0.5, 0.6) is 5.75 Å². The number of hydrogen-bond donors (Lipinski definition) is 1. The highest BCUT2D eigenvalue weighted by molar-refractivity contribution is 5.98. The first kappa shape index (κ1) is 13.3. The van der Waals surface area contributed by atoms with Crippen LogP contribution in [0, 0.1) is 16.0 Å². The number of aliphatic hydroxyl groups excluding tert-OH is 1. The van der Waals surface area contributed by atoms with E-state index in [2.05, 4.69) is 0 Å². The lowest BCUT2D eigenvalue weighted by atomic mass is 10.1. The number of methoxy groups -OCH3 is 1. The third-order valence-corrected chi connectivity index (χ3v) is 3.13. The molecule has 1 amide bonds. The first-order valence-corrected chi connectivity index (χ1v) is 5.80. The van der Waals surface area contributed by atoms with Crippen LogP contribution in [-0.2, 0) is 4.79 Å². The number of nitro benzene ring substituents is 1. The minimum absolute atomic E-state index is 0.105. The minimum atomic E-state index is -0.544. The van der Waals surface area contributed by atoms with Gasteiger partial charge in [0, 0.05) is 25.5 Å². The highest BCUT2D eigenvalue weighted by Crippen LogP contribution is 2.35. The Kier molecular flexibility index (Phi) is 3.66. The quantitative estimate of drug-likeness (QED) is 0.647. The van der Waals surface area contributed by atoms with Crippen molar-refractivity contribution in [3.63, 3.8) is 0 Å². The number of rotatable bonds is 4. The van der Waals surface area contributed by atoms with Gasteiger partial charge in [0.15, 0.2) is 0 Å². The zero-order valence-corrected chi connectivity index (χ0v) is 10.4. The Bertz CT molecular complexity index is 517. The van der Waals surface area contributed by atoms with Crippen molar-refractivity contribution in [3.05, 3.63) is 28.3 Å². The summed E-state index contributed by atoms with van der Waals surface area (Å²) in [7, 11) is 1.42. The Hall–Kier alpha value is -2.15. The summed E-state index contributed by atoms with van der Waals surface area (Å²) in [5, 5.41) is 20.1. The number of benzene rings is 1. The van der Waals surface area contributed by atoms with Crippen LogP contribution in [0.4, 0.5) is 11.4 Å². The topological polar surface area (TPSA) is 92.9 Å². The molecular formula is C12H14N2O5. The summed E-state index contributed by atoms with van der Waals surface area (Å²) >= 11 is 0. The molecule has 1 aliphatic rings. The largest absolute Gasteiger partial charge is 0.496 e. The summed E-state index contributed by atoms with van der Waals surface area (Å²) in [5.74, 6) is -0.0256. The minimum Gasteiger partial charge on any atom is -0.496 e. The van der Waals surface area contributed by atoms with Crippen molar-refractivity contribution in [1.29, 1.82) is 0 Å². The molecule has 1 saturated heterocycles. The SMILES string of the molecule is COc1ccc(N2CC(CO)CC2=O)c([N+](=O)[O-])c1. The number of nitro groups is 1. The molecule has 0 saturated carbocycles. The van der Waals surface area contributed by atoms with Crippen LogP contribution in [0.2, 0.25) is 0 Å². The van der Waals surface area contributed by atoms with Crippen LogP contribution in [0.1, 0.15) is 6.42 Å². The van der Waals surface area contributed by atoms with Crippen LogP contribution in [-0.4, -0.2) is 36.2 Å². The number of amides is 1. The molecule has 0 radical (unpaired) electrons. The predicted molar refractivity (Wildman–Crippen MR) is 67.2 cm³/mol. The first-order chi connectivity index (χ1) is 9.06. The van der Waals surface area contributed by atoms with Crippen LogP contribution < -0.4 is 9.64 Å². The summed E-state index contributed by atoms with van der Waals surface area (Å²) < 4.78 is 4.94. The van der Waals surface area contributed by atoms with E-state index < -0.39 is 4.92 Å². The van der Waals surface area contributed by atoms with Gasteiger partial charge in [0.05, 0.1) is 18.1 Å². The molecule has 0 aromatic heterocycles. The number of carbonyl (C=O) groups excluding carboxylic acids is 1. The zero-order chi connectivity index (χ0) is 14.0. The third-order valence-electron chi connectivity index (χ3n) is 3.13. The molecule has 1 aromatic carbocycles. The van der Waals surface area contributed by atoms with Gasteiger partial charge in [-0.3, -0.25) is 14.9 Å². The molecule has 0 aliphatic carbocycles. The van der Waals surface area contributed by atoms with Gasteiger partial charge in [0.2, 0.25) is 5.91 Å². The molecule has 1 aliphatic heterocycles. The van der Waals surface area contributed by atoms with Crippen molar-refractivity contribution in [2.75, 3.05) is 25.2 Å². The van der Waals surface area contributed by atoms with Crippen molar-refractivity contribution in [3.8, 4) is 5.75 Å². The van der Waals surface area contributed by atoms with Gasteiger partial charge in [-0.25, -0.2) is 0 Å². The Balaban J connectivity index is 2.39. The summed E-state index contributed by atoms with van der Waals surface area (Å²) in [6.45, 7) is 0.189. The van der Waals surface area contributed by atoms with Gasteiger partial charge >= 0.3 is 0 Å². The predicted octanol–water partition coefficient (Wildman–Crippen LogP) is 0.949. The van der Waals surface area contributed by atoms with Crippen molar-refractivity contribution in [2.45, 2.75) is 6.42 Å². The Labute approximate surface area is 109 Å². The van der Waals surface area contributed by atoms with E-state index in [1.165, 1.54) is 24.1 Å². The Morgan fingerprint density at radius 2 is 2.32 bits per heavy atom. The smallest absolute Gasteiger partial charge is 0.296 e. The van der Waals surface area contributed by atoms with Gasteiger partial charge in [-0.05, 0) is 12.1 Å². The van der Waals surface area contributed by atoms with Gasteiger partial charge in [-0.15, -0.1) is 0 Å². The van der Waals surface area contributed by atoms with E-state index in [9.17, 15) is 14.9 Å². The summed E-state index contributed by atoms with van der Waals surface area (Å²) in [4.78, 5) is 23.7. The van der Waals surface area contributed by atoms with Crippen LogP contribution in [0.15, 0.2) is 18.2 Å². The average Bonchev–Trinajstić information content (AvgIpc) is 2.79. The second-order valence-corrected chi connectivity index (χ2v) is 4.37. The second-order valence-electron chi connectivity index (χ2n) is 4.37. The van der Waals surface area contributed by atoms with Gasteiger partial charge in [-0.1, -0.05) is 0 Å². The number of hydrogen-bond acceptors (Lipinski definition) is 5. The van der Waals surface area contributed by atoms with E-state index in [-0.39, 0.29) is 36.2 Å². The maximum absolute atomic E-state index is 11.8. The molecule has 1 unspecified atom stereocenters. The number of anilines is 1. The van der Waals surface area contributed by atoms with Gasteiger partial charge in [0.25, 0.3) is 5.69 Å². The van der Waals surface area contributed by atoms with Crippen molar-refractivity contribution < 1.29 is 19.6 Å². The molecule has 102 valence electrons. The molecule has 0 spiro atoms. The maximum atomic E-state index is 11.8. The number of nitrogens with zero attached hydrogens (tertiary/aromatic N) is 2. The van der Waals surface area contributed by atoms with Crippen molar-refractivity contribution in [1.82, 2.24) is 0 Å². The molecule has 0 bridgehead atoms. The maximum Gasteiger partial charge on any atom is 0.296 e. The molecule has 1 N–H and O–H groups in total. The van der Waals surface area contributed by atoms with Crippen molar-refractivity contribution >= 4 is 17.3 Å². The van der Waals surface area contributed by atoms with E-state index >= 15 is 0 Å². The number of ether oxygens (including phenoxy) is 1. The van der Waals surface area contributed by atoms with Crippen LogP contribution in [0.25, 0.3) is 0 Å². The fourth-order valence-corrected chi connectivity index (χ4v) is 2.14. The normalized spacial score (nSPS) is 18.7. The summed E-state index contributed by atoms with van der Waals surface area (Å²) in [5.41, 5.74) is 0.0676.